The zero-order valence-electron chi connectivity index (χ0n) is 10.4. The molecule has 0 N–H and O–H groups in total. The van der Waals surface area contributed by atoms with E-state index in [-0.39, 0.29) is 5.91 Å². The summed E-state index contributed by atoms with van der Waals surface area (Å²) in [6, 6.07) is 2.06. The van der Waals surface area contributed by atoms with Crippen LogP contribution in [0, 0.1) is 6.92 Å². The van der Waals surface area contributed by atoms with Gasteiger partial charge in [0.25, 0.3) is 5.91 Å². The molecule has 0 radical (unpaired) electrons. The van der Waals surface area contributed by atoms with E-state index in [1.807, 2.05) is 11.5 Å². The number of amides is 1. The van der Waals surface area contributed by atoms with E-state index in [9.17, 15) is 4.79 Å². The first-order valence-electron chi connectivity index (χ1n) is 5.93. The van der Waals surface area contributed by atoms with Crippen molar-refractivity contribution in [3.05, 3.63) is 26.8 Å². The minimum Gasteiger partial charge on any atom is -0.293 e. The number of hydrogen-bond donors (Lipinski definition) is 0. The lowest BCUT2D eigenvalue weighted by atomic mass is 10.2. The van der Waals surface area contributed by atoms with Crippen molar-refractivity contribution in [2.75, 3.05) is 6.54 Å². The number of thiocarbonyl (C=S) groups is 1. The normalized spacial score (nSPS) is 18.1. The summed E-state index contributed by atoms with van der Waals surface area (Å²) in [5.41, 5.74) is 1.21. The Morgan fingerprint density at radius 1 is 1.50 bits per heavy atom. The predicted molar refractivity (Wildman–Crippen MR) is 83.8 cm³/mol. The summed E-state index contributed by atoms with van der Waals surface area (Å²) in [6.07, 6.45) is 4.03. The fourth-order valence-electron chi connectivity index (χ4n) is 1.66. The molecule has 2 heterocycles. The molecule has 1 aromatic rings. The van der Waals surface area contributed by atoms with Crippen molar-refractivity contribution in [3.63, 3.8) is 0 Å². The quantitative estimate of drug-likeness (QED) is 0.617. The second kappa shape index (κ2) is 5.99. The fourth-order valence-corrected chi connectivity index (χ4v) is 3.88. The summed E-state index contributed by atoms with van der Waals surface area (Å²) in [4.78, 5) is 15.8. The molecule has 2 rings (SSSR count). The van der Waals surface area contributed by atoms with E-state index in [4.69, 9.17) is 12.2 Å². The topological polar surface area (TPSA) is 20.3 Å². The van der Waals surface area contributed by atoms with E-state index >= 15 is 0 Å². The molecule has 96 valence electrons. The maximum absolute atomic E-state index is 12.2. The molecule has 0 saturated carbocycles. The molecule has 1 amide bonds. The van der Waals surface area contributed by atoms with Gasteiger partial charge in [-0.3, -0.25) is 9.69 Å². The van der Waals surface area contributed by atoms with Crippen molar-refractivity contribution in [1.29, 1.82) is 0 Å². The van der Waals surface area contributed by atoms with Crippen LogP contribution < -0.4 is 0 Å². The summed E-state index contributed by atoms with van der Waals surface area (Å²) >= 11 is 8.34. The molecule has 0 spiro atoms. The molecule has 5 heteroatoms. The number of carbonyl (C=O) groups is 1. The van der Waals surface area contributed by atoms with Gasteiger partial charge in [-0.25, -0.2) is 0 Å². The molecule has 0 bridgehead atoms. The average Bonchev–Trinajstić information content (AvgIpc) is 2.84. The zero-order valence-corrected chi connectivity index (χ0v) is 12.9. The van der Waals surface area contributed by atoms with Crippen LogP contribution in [-0.2, 0) is 4.79 Å². The predicted octanol–water partition coefficient (Wildman–Crippen LogP) is 4.06. The summed E-state index contributed by atoms with van der Waals surface area (Å²) in [5, 5.41) is 2.04. The third-order valence-corrected chi connectivity index (χ3v) is 5.12. The number of unbranched alkanes of at least 4 members (excludes halogenated alkanes) is 1. The number of hydrogen-bond acceptors (Lipinski definition) is 4. The Labute approximate surface area is 121 Å². The molecule has 1 aliphatic heterocycles. The van der Waals surface area contributed by atoms with Gasteiger partial charge in [-0.15, -0.1) is 11.3 Å². The first-order chi connectivity index (χ1) is 8.63. The Morgan fingerprint density at radius 2 is 2.28 bits per heavy atom. The highest BCUT2D eigenvalue weighted by Gasteiger charge is 2.31. The Kier molecular flexibility index (Phi) is 4.59. The van der Waals surface area contributed by atoms with Crippen LogP contribution >= 0.6 is 35.3 Å². The van der Waals surface area contributed by atoms with Gasteiger partial charge in [-0.2, -0.15) is 0 Å². The molecule has 0 aromatic carbocycles. The van der Waals surface area contributed by atoms with Gasteiger partial charge in [0.2, 0.25) is 0 Å². The number of carbonyl (C=O) groups excluding carboxylic acids is 1. The maximum Gasteiger partial charge on any atom is 0.266 e. The third kappa shape index (κ3) is 2.84. The molecule has 0 unspecified atom stereocenters. The molecule has 1 aliphatic rings. The van der Waals surface area contributed by atoms with Gasteiger partial charge in [-0.1, -0.05) is 37.3 Å². The first-order valence-corrected chi connectivity index (χ1v) is 8.03. The van der Waals surface area contributed by atoms with Gasteiger partial charge in [0, 0.05) is 11.4 Å². The lowest BCUT2D eigenvalue weighted by Gasteiger charge is -2.12. The lowest BCUT2D eigenvalue weighted by molar-refractivity contribution is -0.122. The number of aryl methyl sites for hydroxylation is 1. The second-order valence-electron chi connectivity index (χ2n) is 4.15. The highest BCUT2D eigenvalue weighted by molar-refractivity contribution is 8.26. The summed E-state index contributed by atoms with van der Waals surface area (Å²) in [6.45, 7) is 4.91. The summed E-state index contributed by atoms with van der Waals surface area (Å²) in [5.74, 6) is 0.0613. The molecule has 2 nitrogen and oxygen atoms in total. The standard InChI is InChI=1S/C13H15NOS3/c1-3-4-6-14-12(15)11(18-13(14)16)8-10-9(2)5-7-17-10/h5,7-8H,3-4,6H2,1-2H3. The summed E-state index contributed by atoms with van der Waals surface area (Å²) < 4.78 is 0.689. The van der Waals surface area contributed by atoms with Crippen LogP contribution in [0.3, 0.4) is 0 Å². The van der Waals surface area contributed by atoms with Crippen LogP contribution in [0.15, 0.2) is 16.4 Å². The van der Waals surface area contributed by atoms with Crippen molar-refractivity contribution in [2.45, 2.75) is 26.7 Å². The smallest absolute Gasteiger partial charge is 0.266 e. The second-order valence-corrected chi connectivity index (χ2v) is 6.78. The van der Waals surface area contributed by atoms with Crippen LogP contribution in [0.1, 0.15) is 30.2 Å². The number of thiophene rings is 1. The van der Waals surface area contributed by atoms with Crippen LogP contribution in [0.5, 0.6) is 0 Å². The van der Waals surface area contributed by atoms with Gasteiger partial charge < -0.3 is 0 Å². The van der Waals surface area contributed by atoms with Crippen molar-refractivity contribution >= 4 is 51.6 Å². The van der Waals surface area contributed by atoms with E-state index < -0.39 is 0 Å². The molecular weight excluding hydrogens is 282 g/mol. The Balaban J connectivity index is 2.17. The number of thioether (sulfide) groups is 1. The van der Waals surface area contributed by atoms with E-state index in [1.54, 1.807) is 16.2 Å². The van der Waals surface area contributed by atoms with Crippen LogP contribution in [0.25, 0.3) is 6.08 Å². The van der Waals surface area contributed by atoms with E-state index in [0.717, 1.165) is 29.2 Å². The molecular formula is C13H15NOS3. The zero-order chi connectivity index (χ0) is 13.1. The monoisotopic (exact) mass is 297 g/mol. The molecule has 0 aliphatic carbocycles. The first kappa shape index (κ1) is 13.8. The summed E-state index contributed by atoms with van der Waals surface area (Å²) in [7, 11) is 0. The van der Waals surface area contributed by atoms with E-state index in [1.165, 1.54) is 17.3 Å². The SMILES string of the molecule is CCCCN1C(=O)C(=Cc2sccc2C)SC1=S. The van der Waals surface area contributed by atoms with Gasteiger partial charge >= 0.3 is 0 Å². The third-order valence-electron chi connectivity index (χ3n) is 2.77. The maximum atomic E-state index is 12.2. The molecule has 18 heavy (non-hydrogen) atoms. The van der Waals surface area contributed by atoms with Gasteiger partial charge in [-0.05, 0) is 36.4 Å². The molecule has 1 fully saturated rings. The van der Waals surface area contributed by atoms with Gasteiger partial charge in [0.15, 0.2) is 0 Å². The fraction of sp³-hybridized carbons (Fsp3) is 0.385. The van der Waals surface area contributed by atoms with Crippen molar-refractivity contribution in [1.82, 2.24) is 4.90 Å². The van der Waals surface area contributed by atoms with Crippen molar-refractivity contribution in [2.24, 2.45) is 0 Å². The highest BCUT2D eigenvalue weighted by atomic mass is 32.2. The van der Waals surface area contributed by atoms with Crippen LogP contribution in [-0.4, -0.2) is 21.7 Å². The van der Waals surface area contributed by atoms with Gasteiger partial charge in [0.1, 0.15) is 4.32 Å². The minimum absolute atomic E-state index is 0.0613. The minimum atomic E-state index is 0.0613. The molecule has 1 saturated heterocycles. The van der Waals surface area contributed by atoms with Gasteiger partial charge in [0.05, 0.1) is 4.91 Å². The van der Waals surface area contributed by atoms with Crippen LogP contribution in [0.4, 0.5) is 0 Å². The number of nitrogens with zero attached hydrogens (tertiary/aromatic N) is 1. The Hall–Kier alpha value is -0.650. The van der Waals surface area contributed by atoms with Crippen LogP contribution in [0.2, 0.25) is 0 Å². The highest BCUT2D eigenvalue weighted by Crippen LogP contribution is 2.34. The Bertz CT molecular complexity index is 504. The van der Waals surface area contributed by atoms with Crippen molar-refractivity contribution < 1.29 is 4.79 Å². The molecule has 1 aromatic heterocycles. The molecule has 0 atom stereocenters. The Morgan fingerprint density at radius 3 is 2.89 bits per heavy atom. The van der Waals surface area contributed by atoms with E-state index in [2.05, 4.69) is 19.9 Å². The van der Waals surface area contributed by atoms with Crippen molar-refractivity contribution in [3.8, 4) is 0 Å². The average molecular weight is 297 g/mol. The lowest BCUT2D eigenvalue weighted by Crippen LogP contribution is -2.28. The number of rotatable bonds is 4. The van der Waals surface area contributed by atoms with E-state index in [0.29, 0.717) is 4.32 Å². The largest absolute Gasteiger partial charge is 0.293 e.